The van der Waals surface area contributed by atoms with E-state index in [4.69, 9.17) is 4.98 Å². The van der Waals surface area contributed by atoms with Crippen LogP contribution in [0.4, 0.5) is 0 Å². The van der Waals surface area contributed by atoms with Crippen molar-refractivity contribution in [2.24, 2.45) is 7.05 Å². The first-order valence-corrected chi connectivity index (χ1v) is 10.6. The van der Waals surface area contributed by atoms with Crippen molar-refractivity contribution < 1.29 is 9.90 Å². The zero-order chi connectivity index (χ0) is 22.0. The quantitative estimate of drug-likeness (QED) is 0.461. The number of hydrogen-bond donors (Lipinski definition) is 1. The second-order valence-corrected chi connectivity index (χ2v) is 8.40. The largest absolute Gasteiger partial charge is 0.478 e. The molecule has 1 aliphatic rings. The Balaban J connectivity index is 1.69. The second kappa shape index (κ2) is 6.75. The number of benzene rings is 2. The Morgan fingerprint density at radius 3 is 2.75 bits per heavy atom. The maximum atomic E-state index is 11.7. The molecule has 2 aromatic carbocycles. The molecular weight excluding hydrogens is 402 g/mol. The van der Waals surface area contributed by atoms with Crippen LogP contribution in [0.15, 0.2) is 54.7 Å². The van der Waals surface area contributed by atoms with Gasteiger partial charge in [-0.3, -0.25) is 4.98 Å². The topological polar surface area (TPSA) is 85.8 Å². The molecule has 158 valence electrons. The minimum absolute atomic E-state index is 0.123. The van der Waals surface area contributed by atoms with E-state index in [9.17, 15) is 9.90 Å². The highest BCUT2D eigenvalue weighted by molar-refractivity contribution is 6.08. The third-order valence-electron chi connectivity index (χ3n) is 6.57. The predicted molar refractivity (Wildman–Crippen MR) is 122 cm³/mol. The second-order valence-electron chi connectivity index (χ2n) is 8.40. The van der Waals surface area contributed by atoms with Gasteiger partial charge in [-0.05, 0) is 55.2 Å². The molecule has 6 rings (SSSR count). The van der Waals surface area contributed by atoms with Crippen LogP contribution in [0.5, 0.6) is 0 Å². The van der Waals surface area contributed by atoms with E-state index in [1.165, 1.54) is 11.1 Å². The van der Waals surface area contributed by atoms with E-state index in [2.05, 4.69) is 45.2 Å². The third kappa shape index (κ3) is 2.60. The van der Waals surface area contributed by atoms with Gasteiger partial charge in [-0.2, -0.15) is 0 Å². The summed E-state index contributed by atoms with van der Waals surface area (Å²) in [7, 11) is 1.88. The van der Waals surface area contributed by atoms with Gasteiger partial charge >= 0.3 is 5.97 Å². The molecule has 0 amide bonds. The molecule has 0 aliphatic heterocycles. The van der Waals surface area contributed by atoms with Gasteiger partial charge in [0, 0.05) is 24.2 Å². The molecule has 3 aromatic heterocycles. The average Bonchev–Trinajstić information content (AvgIpc) is 3.46. The van der Waals surface area contributed by atoms with Crippen LogP contribution in [-0.2, 0) is 13.5 Å². The molecule has 32 heavy (non-hydrogen) atoms. The summed E-state index contributed by atoms with van der Waals surface area (Å²) in [6, 6.07) is 16.1. The fourth-order valence-corrected chi connectivity index (χ4v) is 5.16. The Hall–Kier alpha value is -4.00. The number of carboxylic acid groups (broad SMARTS) is 1. The van der Waals surface area contributed by atoms with Crippen LogP contribution in [0.25, 0.3) is 33.2 Å². The van der Waals surface area contributed by atoms with Crippen LogP contribution < -0.4 is 0 Å². The Morgan fingerprint density at radius 2 is 1.97 bits per heavy atom. The van der Waals surface area contributed by atoms with Crippen molar-refractivity contribution in [2.75, 3.05) is 0 Å². The average molecular weight is 423 g/mol. The third-order valence-corrected chi connectivity index (χ3v) is 6.57. The van der Waals surface area contributed by atoms with Gasteiger partial charge < -0.3 is 9.67 Å². The molecular formula is C25H21N5O2. The van der Waals surface area contributed by atoms with Gasteiger partial charge in [-0.15, -0.1) is 5.10 Å². The van der Waals surface area contributed by atoms with Gasteiger partial charge in [0.2, 0.25) is 0 Å². The smallest absolute Gasteiger partial charge is 0.335 e. The molecule has 7 heteroatoms. The molecule has 7 nitrogen and oxygen atoms in total. The molecule has 0 spiro atoms. The van der Waals surface area contributed by atoms with Crippen LogP contribution in [-0.4, -0.2) is 35.6 Å². The number of nitrogens with zero attached hydrogens (tertiary/aromatic N) is 5. The fourth-order valence-electron chi connectivity index (χ4n) is 5.16. The summed E-state index contributed by atoms with van der Waals surface area (Å²) in [5.74, 6) is -0.930. The molecule has 1 atom stereocenters. The zero-order valence-corrected chi connectivity index (χ0v) is 17.8. The lowest BCUT2D eigenvalue weighted by Crippen LogP contribution is -2.08. The molecule has 0 saturated carbocycles. The molecule has 0 bridgehead atoms. The van der Waals surface area contributed by atoms with Crippen molar-refractivity contribution in [2.45, 2.75) is 25.8 Å². The fraction of sp³-hybridized carbons (Fsp3) is 0.200. The minimum Gasteiger partial charge on any atom is -0.478 e. The van der Waals surface area contributed by atoms with E-state index in [1.807, 2.05) is 26.2 Å². The highest BCUT2D eigenvalue weighted by Crippen LogP contribution is 2.41. The number of pyridine rings is 1. The molecule has 0 saturated heterocycles. The number of carbonyl (C=O) groups is 1. The molecule has 1 unspecified atom stereocenters. The summed E-state index contributed by atoms with van der Waals surface area (Å²) in [4.78, 5) is 16.6. The van der Waals surface area contributed by atoms with E-state index in [-0.39, 0.29) is 11.6 Å². The summed E-state index contributed by atoms with van der Waals surface area (Å²) in [6.07, 6.45) is 3.82. The Labute approximate surface area is 183 Å². The van der Waals surface area contributed by atoms with Crippen molar-refractivity contribution in [1.29, 1.82) is 0 Å². The lowest BCUT2D eigenvalue weighted by atomic mass is 10.1. The summed E-state index contributed by atoms with van der Waals surface area (Å²) < 4.78 is 4.04. The number of fused-ring (bicyclic) bond motifs is 4. The number of rotatable bonds is 3. The molecule has 3 heterocycles. The lowest BCUT2D eigenvalue weighted by Gasteiger charge is -2.18. The van der Waals surface area contributed by atoms with Gasteiger partial charge in [0.1, 0.15) is 0 Å². The molecule has 5 aromatic rings. The number of hydrogen-bond acceptors (Lipinski definition) is 4. The maximum Gasteiger partial charge on any atom is 0.335 e. The lowest BCUT2D eigenvalue weighted by molar-refractivity contribution is 0.0697. The number of aromatic carboxylic acids is 1. The number of aromatic nitrogens is 5. The van der Waals surface area contributed by atoms with E-state index >= 15 is 0 Å². The monoisotopic (exact) mass is 423 g/mol. The first-order chi connectivity index (χ1) is 15.5. The van der Waals surface area contributed by atoms with Crippen molar-refractivity contribution in [3.63, 3.8) is 0 Å². The molecule has 1 aliphatic carbocycles. The van der Waals surface area contributed by atoms with Crippen LogP contribution in [0.1, 0.15) is 39.6 Å². The van der Waals surface area contributed by atoms with Gasteiger partial charge in [-0.1, -0.05) is 29.5 Å². The first kappa shape index (κ1) is 18.7. The van der Waals surface area contributed by atoms with E-state index in [0.29, 0.717) is 0 Å². The zero-order valence-electron chi connectivity index (χ0n) is 17.8. The number of carboxylic acids is 1. The van der Waals surface area contributed by atoms with Gasteiger partial charge in [-0.25, -0.2) is 9.48 Å². The summed E-state index contributed by atoms with van der Waals surface area (Å²) in [6.45, 7) is 1.94. The Morgan fingerprint density at radius 1 is 1.12 bits per heavy atom. The van der Waals surface area contributed by atoms with Gasteiger partial charge in [0.25, 0.3) is 0 Å². The van der Waals surface area contributed by atoms with Crippen molar-refractivity contribution >= 4 is 27.9 Å². The Kier molecular flexibility index (Phi) is 3.95. The SMILES string of the molecule is Cc1nnn(C)c1-c1cnc2c3ccc(C(=O)O)cc3n(C3CCc4ccccc43)c2c1. The Bertz CT molecular complexity index is 1530. The highest BCUT2D eigenvalue weighted by atomic mass is 16.4. The standard InChI is InChI=1S/C25H21N5O2/c1-14-24(29(2)28-27-14)17-12-22-23(26-13-17)19-9-7-16(25(31)32)11-21(19)30(22)20-10-8-15-5-3-4-6-18(15)20/h3-7,9,11-13,20H,8,10H2,1-2H3,(H,31,32). The summed E-state index contributed by atoms with van der Waals surface area (Å²) in [5.41, 5.74) is 8.38. The van der Waals surface area contributed by atoms with Crippen LogP contribution in [0, 0.1) is 6.92 Å². The van der Waals surface area contributed by atoms with Crippen molar-refractivity contribution in [3.05, 3.63) is 77.1 Å². The van der Waals surface area contributed by atoms with Crippen LogP contribution >= 0.6 is 0 Å². The van der Waals surface area contributed by atoms with E-state index in [1.54, 1.807) is 16.8 Å². The summed E-state index contributed by atoms with van der Waals surface area (Å²) >= 11 is 0. The highest BCUT2D eigenvalue weighted by Gasteiger charge is 2.28. The van der Waals surface area contributed by atoms with Crippen LogP contribution in [0.3, 0.4) is 0 Å². The first-order valence-electron chi connectivity index (χ1n) is 10.6. The van der Waals surface area contributed by atoms with Gasteiger partial charge in [0.15, 0.2) is 0 Å². The van der Waals surface area contributed by atoms with Crippen molar-refractivity contribution in [1.82, 2.24) is 24.5 Å². The molecule has 0 fully saturated rings. The van der Waals surface area contributed by atoms with Gasteiger partial charge in [0.05, 0.1) is 39.5 Å². The molecule has 0 radical (unpaired) electrons. The normalized spacial score (nSPS) is 15.5. The van der Waals surface area contributed by atoms with Crippen LogP contribution in [0.2, 0.25) is 0 Å². The number of aryl methyl sites for hydroxylation is 3. The van der Waals surface area contributed by atoms with E-state index in [0.717, 1.165) is 51.7 Å². The maximum absolute atomic E-state index is 11.7. The molecule has 1 N–H and O–H groups in total. The predicted octanol–water partition coefficient (Wildman–Crippen LogP) is 4.53. The van der Waals surface area contributed by atoms with Crippen molar-refractivity contribution in [3.8, 4) is 11.3 Å². The summed E-state index contributed by atoms with van der Waals surface area (Å²) in [5, 5.41) is 18.9. The minimum atomic E-state index is -0.930. The van der Waals surface area contributed by atoms with E-state index < -0.39 is 5.97 Å².